The molecule has 0 amide bonds. The van der Waals surface area contributed by atoms with Crippen molar-refractivity contribution < 1.29 is 0 Å². The maximum absolute atomic E-state index is 13.0. The molecule has 6 nitrogen and oxygen atoms in total. The average molecular weight is 373 g/mol. The van der Waals surface area contributed by atoms with Crippen molar-refractivity contribution in [2.45, 2.75) is 25.8 Å². The van der Waals surface area contributed by atoms with E-state index in [1.165, 1.54) is 0 Å². The molecule has 1 saturated heterocycles. The molecule has 0 aliphatic carbocycles. The van der Waals surface area contributed by atoms with E-state index < -0.39 is 0 Å². The number of aryl methyl sites for hydroxylation is 1. The van der Waals surface area contributed by atoms with E-state index in [2.05, 4.69) is 34.0 Å². The molecule has 3 aromatic heterocycles. The molecule has 0 N–H and O–H groups in total. The molecular weight excluding hydrogens is 350 g/mol. The molecule has 1 aromatic carbocycles. The summed E-state index contributed by atoms with van der Waals surface area (Å²) in [7, 11) is 2.13. The Labute approximate surface area is 163 Å². The van der Waals surface area contributed by atoms with Crippen molar-refractivity contribution >= 4 is 16.6 Å². The standard InChI is InChI=1S/C22H23N5O/c1-15-13-26-10-5-17(12-21(26)24-15)16-3-4-19-20(11-16)23-14-27(22(19)28)18-6-8-25(2)9-7-18/h3-5,10-14,18H,6-9H2,1-2H3. The van der Waals surface area contributed by atoms with Crippen LogP contribution in [0.1, 0.15) is 24.6 Å². The molecule has 0 spiro atoms. The SMILES string of the molecule is Cc1cn2ccc(-c3ccc4c(=O)n(C5CCN(C)CC5)cnc4c3)cc2n1. The van der Waals surface area contributed by atoms with Crippen LogP contribution in [0.5, 0.6) is 0 Å². The van der Waals surface area contributed by atoms with Gasteiger partial charge in [-0.15, -0.1) is 0 Å². The van der Waals surface area contributed by atoms with E-state index in [9.17, 15) is 4.79 Å². The number of rotatable bonds is 2. The lowest BCUT2D eigenvalue weighted by atomic mass is 10.0. The van der Waals surface area contributed by atoms with Crippen molar-refractivity contribution in [2.75, 3.05) is 20.1 Å². The van der Waals surface area contributed by atoms with Crippen LogP contribution in [0.2, 0.25) is 0 Å². The molecule has 142 valence electrons. The van der Waals surface area contributed by atoms with Crippen LogP contribution in [0, 0.1) is 6.92 Å². The predicted octanol–water partition coefficient (Wildman–Crippen LogP) is 3.29. The van der Waals surface area contributed by atoms with Gasteiger partial charge in [0.05, 0.1) is 22.9 Å². The van der Waals surface area contributed by atoms with Gasteiger partial charge in [-0.1, -0.05) is 6.07 Å². The number of likely N-dealkylation sites (tertiary alicyclic amines) is 1. The number of piperidine rings is 1. The summed E-state index contributed by atoms with van der Waals surface area (Å²) >= 11 is 0. The van der Waals surface area contributed by atoms with Crippen LogP contribution < -0.4 is 5.56 Å². The van der Waals surface area contributed by atoms with Crippen molar-refractivity contribution in [1.29, 1.82) is 0 Å². The van der Waals surface area contributed by atoms with E-state index in [0.29, 0.717) is 5.39 Å². The Hall–Kier alpha value is -2.99. The van der Waals surface area contributed by atoms with Gasteiger partial charge in [0.25, 0.3) is 5.56 Å². The first-order chi connectivity index (χ1) is 13.6. The van der Waals surface area contributed by atoms with E-state index in [1.54, 1.807) is 6.33 Å². The zero-order chi connectivity index (χ0) is 19.3. The molecule has 0 unspecified atom stereocenters. The summed E-state index contributed by atoms with van der Waals surface area (Å²) in [5.41, 5.74) is 4.82. The Morgan fingerprint density at radius 2 is 1.86 bits per heavy atom. The zero-order valence-corrected chi connectivity index (χ0v) is 16.2. The lowest BCUT2D eigenvalue weighted by molar-refractivity contribution is 0.218. The maximum Gasteiger partial charge on any atom is 0.261 e. The van der Waals surface area contributed by atoms with Gasteiger partial charge in [-0.3, -0.25) is 9.36 Å². The van der Waals surface area contributed by atoms with Crippen LogP contribution in [0.25, 0.3) is 27.7 Å². The summed E-state index contributed by atoms with van der Waals surface area (Å²) < 4.78 is 3.84. The second kappa shape index (κ2) is 6.56. The van der Waals surface area contributed by atoms with Crippen molar-refractivity contribution in [2.24, 2.45) is 0 Å². The van der Waals surface area contributed by atoms with Crippen molar-refractivity contribution in [3.8, 4) is 11.1 Å². The predicted molar refractivity (Wildman–Crippen MR) is 111 cm³/mol. The van der Waals surface area contributed by atoms with Crippen molar-refractivity contribution in [1.82, 2.24) is 23.8 Å². The molecule has 4 aromatic rings. The minimum absolute atomic E-state index is 0.0606. The molecule has 0 saturated carbocycles. The highest BCUT2D eigenvalue weighted by Crippen LogP contribution is 2.25. The third-order valence-electron chi connectivity index (χ3n) is 5.78. The highest BCUT2D eigenvalue weighted by atomic mass is 16.1. The number of fused-ring (bicyclic) bond motifs is 2. The van der Waals surface area contributed by atoms with Crippen LogP contribution in [0.4, 0.5) is 0 Å². The van der Waals surface area contributed by atoms with Gasteiger partial charge in [0.1, 0.15) is 5.65 Å². The van der Waals surface area contributed by atoms with Crippen LogP contribution in [-0.4, -0.2) is 44.0 Å². The highest BCUT2D eigenvalue weighted by molar-refractivity contribution is 5.84. The lowest BCUT2D eigenvalue weighted by Crippen LogP contribution is -2.35. The van der Waals surface area contributed by atoms with Crippen LogP contribution in [0.15, 0.2) is 53.8 Å². The monoisotopic (exact) mass is 373 g/mol. The van der Waals surface area contributed by atoms with E-state index in [-0.39, 0.29) is 11.6 Å². The topological polar surface area (TPSA) is 55.4 Å². The smallest absolute Gasteiger partial charge is 0.261 e. The summed E-state index contributed by atoms with van der Waals surface area (Å²) in [5.74, 6) is 0. The number of aromatic nitrogens is 4. The van der Waals surface area contributed by atoms with Crippen LogP contribution in [-0.2, 0) is 0 Å². The lowest BCUT2D eigenvalue weighted by Gasteiger charge is -2.30. The first-order valence-corrected chi connectivity index (χ1v) is 9.74. The molecule has 5 rings (SSSR count). The summed E-state index contributed by atoms with van der Waals surface area (Å²) in [4.78, 5) is 24.5. The minimum atomic E-state index is 0.0606. The van der Waals surface area contributed by atoms with E-state index >= 15 is 0 Å². The molecular formula is C22H23N5O. The Morgan fingerprint density at radius 1 is 1.07 bits per heavy atom. The first-order valence-electron chi connectivity index (χ1n) is 9.74. The molecule has 6 heteroatoms. The molecule has 0 radical (unpaired) electrons. The fraction of sp³-hybridized carbons (Fsp3) is 0.318. The fourth-order valence-corrected chi connectivity index (χ4v) is 4.14. The second-order valence-corrected chi connectivity index (χ2v) is 7.79. The van der Waals surface area contributed by atoms with E-state index in [4.69, 9.17) is 0 Å². The van der Waals surface area contributed by atoms with Gasteiger partial charge in [0.15, 0.2) is 0 Å². The summed E-state index contributed by atoms with van der Waals surface area (Å²) in [6, 6.07) is 10.3. The molecule has 0 atom stereocenters. The summed E-state index contributed by atoms with van der Waals surface area (Å²) in [5, 5.41) is 0.683. The number of imidazole rings is 1. The zero-order valence-electron chi connectivity index (χ0n) is 16.2. The molecule has 4 heterocycles. The number of hydrogen-bond acceptors (Lipinski definition) is 4. The first kappa shape index (κ1) is 17.1. The number of nitrogens with zero attached hydrogens (tertiary/aromatic N) is 5. The summed E-state index contributed by atoms with van der Waals surface area (Å²) in [6.45, 7) is 4.02. The van der Waals surface area contributed by atoms with E-state index in [0.717, 1.165) is 53.9 Å². The average Bonchev–Trinajstić information content (AvgIpc) is 3.08. The quantitative estimate of drug-likeness (QED) is 0.541. The number of benzene rings is 1. The number of hydrogen-bond donors (Lipinski definition) is 0. The van der Waals surface area contributed by atoms with Crippen LogP contribution >= 0.6 is 0 Å². The van der Waals surface area contributed by atoms with E-state index in [1.807, 2.05) is 46.5 Å². The molecule has 1 aliphatic rings. The molecule has 0 bridgehead atoms. The Kier molecular flexibility index (Phi) is 4.02. The Morgan fingerprint density at radius 3 is 2.68 bits per heavy atom. The third-order valence-corrected chi connectivity index (χ3v) is 5.78. The largest absolute Gasteiger partial charge is 0.307 e. The Balaban J connectivity index is 1.54. The number of pyridine rings is 1. The summed E-state index contributed by atoms with van der Waals surface area (Å²) in [6.07, 6.45) is 7.73. The normalized spacial score (nSPS) is 16.2. The second-order valence-electron chi connectivity index (χ2n) is 7.79. The van der Waals surface area contributed by atoms with Crippen LogP contribution in [0.3, 0.4) is 0 Å². The fourth-order valence-electron chi connectivity index (χ4n) is 4.14. The van der Waals surface area contributed by atoms with Gasteiger partial charge < -0.3 is 9.30 Å². The van der Waals surface area contributed by atoms with Gasteiger partial charge in [0.2, 0.25) is 0 Å². The van der Waals surface area contributed by atoms with Gasteiger partial charge in [0, 0.05) is 18.4 Å². The van der Waals surface area contributed by atoms with Gasteiger partial charge in [-0.2, -0.15) is 0 Å². The highest BCUT2D eigenvalue weighted by Gasteiger charge is 2.20. The van der Waals surface area contributed by atoms with Crippen molar-refractivity contribution in [3.63, 3.8) is 0 Å². The van der Waals surface area contributed by atoms with Gasteiger partial charge in [-0.05, 0) is 75.3 Å². The third kappa shape index (κ3) is 2.90. The molecule has 28 heavy (non-hydrogen) atoms. The molecule has 1 fully saturated rings. The minimum Gasteiger partial charge on any atom is -0.307 e. The molecule has 1 aliphatic heterocycles. The van der Waals surface area contributed by atoms with Gasteiger partial charge >= 0.3 is 0 Å². The Bertz CT molecular complexity index is 1230. The maximum atomic E-state index is 13.0. The van der Waals surface area contributed by atoms with Gasteiger partial charge in [-0.25, -0.2) is 9.97 Å². The van der Waals surface area contributed by atoms with Crippen molar-refractivity contribution in [3.05, 3.63) is 65.1 Å².